The van der Waals surface area contributed by atoms with E-state index in [9.17, 15) is 4.79 Å². The van der Waals surface area contributed by atoms with Crippen LogP contribution >= 0.6 is 11.2 Å². The van der Waals surface area contributed by atoms with Crippen molar-refractivity contribution in [1.82, 2.24) is 4.90 Å². The summed E-state index contributed by atoms with van der Waals surface area (Å²) in [5.74, 6) is 1.39. The average Bonchev–Trinajstić information content (AvgIpc) is 3.00. The van der Waals surface area contributed by atoms with Gasteiger partial charge in [0, 0.05) is 22.9 Å². The van der Waals surface area contributed by atoms with Crippen LogP contribution < -0.4 is 4.74 Å². The minimum atomic E-state index is -1.60. The molecule has 1 amide bonds. The number of piperidine rings is 1. The Balaban J connectivity index is 1.77. The van der Waals surface area contributed by atoms with Crippen LogP contribution in [0.25, 0.3) is 0 Å². The molecule has 1 saturated heterocycles. The summed E-state index contributed by atoms with van der Waals surface area (Å²) in [6.07, 6.45) is 0.716. The first-order chi connectivity index (χ1) is 14.3. The van der Waals surface area contributed by atoms with Gasteiger partial charge in [-0.1, -0.05) is 47.6 Å². The van der Waals surface area contributed by atoms with Gasteiger partial charge in [0.1, 0.15) is 24.7 Å². The maximum absolute atomic E-state index is 12.5. The van der Waals surface area contributed by atoms with Crippen LogP contribution in [0, 0.1) is 0 Å². The van der Waals surface area contributed by atoms with E-state index in [0.717, 1.165) is 18.7 Å². The van der Waals surface area contributed by atoms with E-state index in [1.807, 2.05) is 25.7 Å². The van der Waals surface area contributed by atoms with Crippen molar-refractivity contribution in [1.29, 1.82) is 0 Å². The number of rotatable bonds is 5. The summed E-state index contributed by atoms with van der Waals surface area (Å²) in [7, 11) is -1.60. The van der Waals surface area contributed by atoms with Gasteiger partial charge in [0.15, 0.2) is 0 Å². The van der Waals surface area contributed by atoms with Crippen LogP contribution in [-0.2, 0) is 4.74 Å². The Morgan fingerprint density at radius 1 is 1.13 bits per heavy atom. The van der Waals surface area contributed by atoms with E-state index < -0.39 is 12.8 Å². The van der Waals surface area contributed by atoms with E-state index in [1.165, 1.54) is 10.5 Å². The van der Waals surface area contributed by atoms with E-state index in [-0.39, 0.29) is 12.2 Å². The van der Waals surface area contributed by atoms with Crippen molar-refractivity contribution in [2.24, 2.45) is 0 Å². The van der Waals surface area contributed by atoms with E-state index >= 15 is 0 Å². The fourth-order valence-electron chi connectivity index (χ4n) is 5.59. The molecule has 2 heterocycles. The van der Waals surface area contributed by atoms with Crippen molar-refractivity contribution in [3.05, 3.63) is 23.8 Å². The normalized spacial score (nSPS) is 21.4. The number of hydrogen-bond acceptors (Lipinski definition) is 4. The molecule has 31 heavy (non-hydrogen) atoms. The summed E-state index contributed by atoms with van der Waals surface area (Å²) >= 11 is 2.15. The molecule has 2 unspecified atom stereocenters. The lowest BCUT2D eigenvalue weighted by Gasteiger charge is -2.42. The van der Waals surface area contributed by atoms with Gasteiger partial charge >= 0.3 is 6.09 Å². The molecule has 2 aliphatic heterocycles. The number of benzene rings is 1. The Hall–Kier alpha value is -1.14. The van der Waals surface area contributed by atoms with Gasteiger partial charge in [-0.3, -0.25) is 0 Å². The molecule has 3 rings (SSSR count). The zero-order chi connectivity index (χ0) is 23.1. The number of nitrogens with zero attached hydrogens (tertiary/aromatic N) is 1. The van der Waals surface area contributed by atoms with Gasteiger partial charge < -0.3 is 14.4 Å². The maximum atomic E-state index is 12.5. The number of likely N-dealkylation sites (tertiary alicyclic amines) is 1. The summed E-state index contributed by atoms with van der Waals surface area (Å²) in [5.41, 5.74) is 2.95. The SMILES string of the molecule is CC(C)[Si](Sc1ccc2c(c1)OC1CN(C(=O)OC(C)(C)C)CCC21)(C(C)C)C(C)C. The van der Waals surface area contributed by atoms with E-state index in [4.69, 9.17) is 9.47 Å². The Bertz CT molecular complexity index is 781. The van der Waals surface area contributed by atoms with Crippen LogP contribution in [0.2, 0.25) is 16.6 Å². The first kappa shape index (κ1) is 24.5. The zero-order valence-electron chi connectivity index (χ0n) is 20.8. The average molecular weight is 464 g/mol. The monoisotopic (exact) mass is 463 g/mol. The fraction of sp³-hybridized carbons (Fsp3) is 0.720. The van der Waals surface area contributed by atoms with Gasteiger partial charge in [-0.25, -0.2) is 4.79 Å². The predicted molar refractivity (Wildman–Crippen MR) is 133 cm³/mol. The molecule has 1 fully saturated rings. The topological polar surface area (TPSA) is 38.8 Å². The lowest BCUT2D eigenvalue weighted by Crippen LogP contribution is -2.47. The number of hydrogen-bond donors (Lipinski definition) is 0. The molecule has 6 heteroatoms. The van der Waals surface area contributed by atoms with Crippen LogP contribution in [0.1, 0.15) is 80.2 Å². The molecule has 4 nitrogen and oxygen atoms in total. The summed E-state index contributed by atoms with van der Waals surface area (Å²) in [5, 5.41) is 0. The third-order valence-electron chi connectivity index (χ3n) is 6.88. The van der Waals surface area contributed by atoms with Gasteiger partial charge in [0.05, 0.1) is 6.54 Å². The van der Waals surface area contributed by atoms with E-state index in [2.05, 4.69) is 71.0 Å². The van der Waals surface area contributed by atoms with Crippen molar-refractivity contribution < 1.29 is 14.3 Å². The Labute approximate surface area is 194 Å². The summed E-state index contributed by atoms with van der Waals surface area (Å²) in [6, 6.07) is 6.86. The summed E-state index contributed by atoms with van der Waals surface area (Å²) in [6.45, 7) is 21.5. The van der Waals surface area contributed by atoms with Gasteiger partial charge in [-0.2, -0.15) is 11.2 Å². The quantitative estimate of drug-likeness (QED) is 0.425. The second-order valence-electron chi connectivity index (χ2n) is 11.1. The lowest BCUT2D eigenvalue weighted by atomic mass is 9.89. The third-order valence-corrected chi connectivity index (χ3v) is 19.1. The molecule has 0 N–H and O–H groups in total. The molecule has 0 saturated carbocycles. The first-order valence-electron chi connectivity index (χ1n) is 11.8. The molecule has 2 atom stereocenters. The minimum absolute atomic E-state index is 0.0267. The Morgan fingerprint density at radius 3 is 2.29 bits per heavy atom. The molecule has 1 aromatic rings. The predicted octanol–water partition coefficient (Wildman–Crippen LogP) is 7.44. The molecule has 2 aliphatic rings. The van der Waals surface area contributed by atoms with Crippen LogP contribution in [0.5, 0.6) is 5.75 Å². The number of amides is 1. The van der Waals surface area contributed by atoms with Gasteiger partial charge in [0.25, 0.3) is 0 Å². The van der Waals surface area contributed by atoms with Crippen LogP contribution in [0.3, 0.4) is 0 Å². The molecule has 0 spiro atoms. The van der Waals surface area contributed by atoms with E-state index in [0.29, 0.717) is 29.1 Å². The van der Waals surface area contributed by atoms with Crippen LogP contribution in [0.15, 0.2) is 23.1 Å². The molecule has 0 aliphatic carbocycles. The van der Waals surface area contributed by atoms with Gasteiger partial charge in [0.2, 0.25) is 0 Å². The van der Waals surface area contributed by atoms with Gasteiger partial charge in [-0.15, -0.1) is 0 Å². The van der Waals surface area contributed by atoms with Crippen molar-refractivity contribution in [2.75, 3.05) is 13.1 Å². The lowest BCUT2D eigenvalue weighted by molar-refractivity contribution is 0.00789. The molecule has 1 aromatic carbocycles. The Kier molecular flexibility index (Phi) is 7.12. The highest BCUT2D eigenvalue weighted by Gasteiger charge is 2.45. The molecular weight excluding hydrogens is 422 g/mol. The number of carbonyl (C=O) groups is 1. The number of carbonyl (C=O) groups excluding carboxylic acids is 1. The second kappa shape index (κ2) is 9.01. The largest absolute Gasteiger partial charge is 0.488 e. The molecule has 0 aromatic heterocycles. The minimum Gasteiger partial charge on any atom is -0.488 e. The number of ether oxygens (including phenoxy) is 2. The number of fused-ring (bicyclic) bond motifs is 3. The van der Waals surface area contributed by atoms with Crippen LogP contribution in [0.4, 0.5) is 4.79 Å². The highest BCUT2D eigenvalue weighted by atomic mass is 32.4. The molecular formula is C25H41NO3SSi. The third kappa shape index (κ3) is 4.95. The highest BCUT2D eigenvalue weighted by molar-refractivity contribution is 8.29. The summed E-state index contributed by atoms with van der Waals surface area (Å²) < 4.78 is 12.0. The second-order valence-corrected chi connectivity index (χ2v) is 19.7. The molecule has 174 valence electrons. The maximum Gasteiger partial charge on any atom is 0.410 e. The van der Waals surface area contributed by atoms with Crippen molar-refractivity contribution in [3.63, 3.8) is 0 Å². The Morgan fingerprint density at radius 2 is 1.74 bits per heavy atom. The van der Waals surface area contributed by atoms with Crippen LogP contribution in [-0.4, -0.2) is 43.0 Å². The van der Waals surface area contributed by atoms with E-state index in [1.54, 1.807) is 0 Å². The zero-order valence-corrected chi connectivity index (χ0v) is 22.6. The summed E-state index contributed by atoms with van der Waals surface area (Å²) in [4.78, 5) is 15.7. The standard InChI is InChI=1S/C25H41NO3SSi/c1-16(2)31(17(3)4,18(5)6)30-19-10-11-20-21-12-13-26(24(27)29-25(7,8)9)15-23(21)28-22(20)14-19/h10-11,14,16-18,21,23H,12-13,15H2,1-9H3. The van der Waals surface area contributed by atoms with Crippen molar-refractivity contribution >= 4 is 24.5 Å². The fourth-order valence-corrected chi connectivity index (χ4v) is 14.7. The van der Waals surface area contributed by atoms with Crippen molar-refractivity contribution in [2.45, 2.75) is 108 Å². The smallest absolute Gasteiger partial charge is 0.410 e. The molecule has 0 radical (unpaired) electrons. The first-order valence-corrected chi connectivity index (χ1v) is 15.6. The van der Waals surface area contributed by atoms with Gasteiger partial charge in [-0.05, 0) is 55.9 Å². The molecule has 0 bridgehead atoms. The highest BCUT2D eigenvalue weighted by Crippen LogP contribution is 2.53. The van der Waals surface area contributed by atoms with Crippen molar-refractivity contribution in [3.8, 4) is 5.75 Å².